The van der Waals surface area contributed by atoms with Crippen molar-refractivity contribution in [1.29, 1.82) is 0 Å². The summed E-state index contributed by atoms with van der Waals surface area (Å²) in [5.74, 6) is 0.734. The SMILES string of the molecule is CNC1COc2ccc3cnccc3c2N(C)C1=O. The predicted octanol–water partition coefficient (Wildman–Crippen LogP) is 1.18. The van der Waals surface area contributed by atoms with Crippen LogP contribution in [0.5, 0.6) is 5.75 Å². The number of anilines is 1. The minimum absolute atomic E-state index is 0.00515. The van der Waals surface area contributed by atoms with Gasteiger partial charge in [0.15, 0.2) is 0 Å². The third kappa shape index (κ3) is 1.82. The second kappa shape index (κ2) is 4.51. The van der Waals surface area contributed by atoms with E-state index in [9.17, 15) is 4.79 Å². The Morgan fingerprint density at radius 3 is 3.05 bits per heavy atom. The van der Waals surface area contributed by atoms with Crippen molar-refractivity contribution in [1.82, 2.24) is 10.3 Å². The van der Waals surface area contributed by atoms with Crippen LogP contribution in [0, 0.1) is 0 Å². The third-order valence-electron chi connectivity index (χ3n) is 3.47. The van der Waals surface area contributed by atoms with Crippen molar-refractivity contribution in [3.05, 3.63) is 30.6 Å². The molecule has 5 heteroatoms. The number of pyridine rings is 1. The van der Waals surface area contributed by atoms with Gasteiger partial charge in [0.2, 0.25) is 5.91 Å². The monoisotopic (exact) mass is 257 g/mol. The van der Waals surface area contributed by atoms with Crippen LogP contribution in [0.2, 0.25) is 0 Å². The number of fused-ring (bicyclic) bond motifs is 3. The molecule has 0 bridgehead atoms. The number of aromatic nitrogens is 1. The van der Waals surface area contributed by atoms with Crippen molar-refractivity contribution in [3.63, 3.8) is 0 Å². The lowest BCUT2D eigenvalue weighted by atomic mass is 10.1. The fourth-order valence-corrected chi connectivity index (χ4v) is 2.39. The first-order chi connectivity index (χ1) is 9.22. The van der Waals surface area contributed by atoms with Crippen LogP contribution < -0.4 is 15.0 Å². The highest BCUT2D eigenvalue weighted by atomic mass is 16.5. The molecule has 0 radical (unpaired) electrons. The number of hydrogen-bond acceptors (Lipinski definition) is 4. The van der Waals surface area contributed by atoms with Gasteiger partial charge in [-0.1, -0.05) is 0 Å². The minimum atomic E-state index is -0.325. The van der Waals surface area contributed by atoms with Gasteiger partial charge in [-0.3, -0.25) is 9.78 Å². The highest BCUT2D eigenvalue weighted by molar-refractivity contribution is 6.07. The third-order valence-corrected chi connectivity index (χ3v) is 3.47. The van der Waals surface area contributed by atoms with Gasteiger partial charge < -0.3 is 15.0 Å². The van der Waals surface area contributed by atoms with E-state index < -0.39 is 0 Å². The number of benzene rings is 1. The van der Waals surface area contributed by atoms with Crippen molar-refractivity contribution >= 4 is 22.4 Å². The highest BCUT2D eigenvalue weighted by Gasteiger charge is 2.29. The molecule has 0 saturated carbocycles. The van der Waals surface area contributed by atoms with Gasteiger partial charge in [-0.25, -0.2) is 0 Å². The Morgan fingerprint density at radius 1 is 1.42 bits per heavy atom. The molecule has 1 aromatic carbocycles. The second-order valence-electron chi connectivity index (χ2n) is 4.56. The highest BCUT2D eigenvalue weighted by Crippen LogP contribution is 2.37. The van der Waals surface area contributed by atoms with Gasteiger partial charge in [0.25, 0.3) is 0 Å². The molecule has 2 heterocycles. The number of hydrogen-bond donors (Lipinski definition) is 1. The molecule has 19 heavy (non-hydrogen) atoms. The zero-order valence-corrected chi connectivity index (χ0v) is 10.9. The summed E-state index contributed by atoms with van der Waals surface area (Å²) in [4.78, 5) is 18.1. The van der Waals surface area contributed by atoms with Gasteiger partial charge in [-0.15, -0.1) is 0 Å². The first-order valence-electron chi connectivity index (χ1n) is 6.16. The molecule has 0 fully saturated rings. The van der Waals surface area contributed by atoms with Crippen molar-refractivity contribution in [2.45, 2.75) is 6.04 Å². The zero-order chi connectivity index (χ0) is 13.4. The second-order valence-corrected chi connectivity index (χ2v) is 4.56. The Bertz CT molecular complexity index is 642. The van der Waals surface area contributed by atoms with E-state index in [0.29, 0.717) is 6.61 Å². The lowest BCUT2D eigenvalue weighted by Gasteiger charge is -2.20. The molecule has 1 atom stereocenters. The number of carbonyl (C=O) groups is 1. The van der Waals surface area contributed by atoms with Crippen molar-refractivity contribution in [2.75, 3.05) is 25.6 Å². The Morgan fingerprint density at radius 2 is 2.26 bits per heavy atom. The van der Waals surface area contributed by atoms with E-state index in [0.717, 1.165) is 22.2 Å². The van der Waals surface area contributed by atoms with Gasteiger partial charge in [-0.05, 0) is 25.2 Å². The lowest BCUT2D eigenvalue weighted by Crippen LogP contribution is -2.45. The molecule has 1 unspecified atom stereocenters. The average molecular weight is 257 g/mol. The summed E-state index contributed by atoms with van der Waals surface area (Å²) >= 11 is 0. The molecular weight excluding hydrogens is 242 g/mol. The van der Waals surface area contributed by atoms with Crippen LogP contribution in [0.3, 0.4) is 0 Å². The first kappa shape index (κ1) is 11.9. The van der Waals surface area contributed by atoms with Crippen LogP contribution >= 0.6 is 0 Å². The van der Waals surface area contributed by atoms with Crippen molar-refractivity contribution < 1.29 is 9.53 Å². The van der Waals surface area contributed by atoms with Crippen LogP contribution in [-0.4, -0.2) is 37.6 Å². The lowest BCUT2D eigenvalue weighted by molar-refractivity contribution is -0.120. The molecule has 5 nitrogen and oxygen atoms in total. The number of nitrogens with one attached hydrogen (secondary N) is 1. The quantitative estimate of drug-likeness (QED) is 0.833. The number of rotatable bonds is 1. The summed E-state index contributed by atoms with van der Waals surface area (Å²) in [5.41, 5.74) is 0.808. The summed E-state index contributed by atoms with van der Waals surface area (Å²) < 4.78 is 5.76. The predicted molar refractivity (Wildman–Crippen MR) is 73.5 cm³/mol. The molecule has 1 aliphatic heterocycles. The van der Waals surface area contributed by atoms with Crippen LogP contribution in [-0.2, 0) is 4.79 Å². The van der Waals surface area contributed by atoms with Gasteiger partial charge in [0.05, 0.1) is 5.69 Å². The van der Waals surface area contributed by atoms with Crippen LogP contribution in [0.4, 0.5) is 5.69 Å². The standard InChI is InChI=1S/C14H15N3O2/c1-15-11-8-19-12-4-3-9-7-16-6-5-10(9)13(12)17(2)14(11)18/h3-7,11,15H,8H2,1-2H3. The Hall–Kier alpha value is -2.14. The first-order valence-corrected chi connectivity index (χ1v) is 6.16. The van der Waals surface area contributed by atoms with Crippen molar-refractivity contribution in [2.24, 2.45) is 0 Å². The average Bonchev–Trinajstić information content (AvgIpc) is 2.57. The topological polar surface area (TPSA) is 54.5 Å². The van der Waals surface area contributed by atoms with E-state index >= 15 is 0 Å². The molecule has 2 aromatic rings. The van der Waals surface area contributed by atoms with E-state index in [2.05, 4.69) is 10.3 Å². The normalized spacial score (nSPS) is 18.9. The maximum absolute atomic E-state index is 12.4. The van der Waals surface area contributed by atoms with Crippen LogP contribution in [0.1, 0.15) is 0 Å². The molecule has 1 amide bonds. The molecule has 0 spiro atoms. The van der Waals surface area contributed by atoms with E-state index in [1.807, 2.05) is 18.2 Å². The van der Waals surface area contributed by atoms with Crippen molar-refractivity contribution in [3.8, 4) is 5.75 Å². The summed E-state index contributed by atoms with van der Waals surface area (Å²) in [7, 11) is 3.54. The number of amides is 1. The smallest absolute Gasteiger partial charge is 0.247 e. The Labute approximate surface area is 111 Å². The van der Waals surface area contributed by atoms with Gasteiger partial charge in [0.1, 0.15) is 18.4 Å². The fourth-order valence-electron chi connectivity index (χ4n) is 2.39. The summed E-state index contributed by atoms with van der Waals surface area (Å²) in [6.45, 7) is 0.337. The van der Waals surface area contributed by atoms with Gasteiger partial charge in [0, 0.05) is 30.2 Å². The summed E-state index contributed by atoms with van der Waals surface area (Å²) in [5, 5.41) is 4.94. The van der Waals surface area contributed by atoms with Crippen LogP contribution in [0.25, 0.3) is 10.8 Å². The molecule has 0 aliphatic carbocycles. The van der Waals surface area contributed by atoms with E-state index in [4.69, 9.17) is 4.74 Å². The van der Waals surface area contributed by atoms with E-state index in [-0.39, 0.29) is 11.9 Å². The largest absolute Gasteiger partial charge is 0.489 e. The summed E-state index contributed by atoms with van der Waals surface area (Å²) in [6, 6.07) is 5.43. The Balaban J connectivity index is 2.22. The zero-order valence-electron chi connectivity index (χ0n) is 10.9. The molecule has 1 aliphatic rings. The number of ether oxygens (including phenoxy) is 1. The molecule has 1 N–H and O–H groups in total. The van der Waals surface area contributed by atoms with Gasteiger partial charge >= 0.3 is 0 Å². The fraction of sp³-hybridized carbons (Fsp3) is 0.286. The minimum Gasteiger partial charge on any atom is -0.489 e. The number of likely N-dealkylation sites (N-methyl/N-ethyl adjacent to an activating group) is 2. The van der Waals surface area contributed by atoms with E-state index in [1.165, 1.54) is 0 Å². The molecule has 0 saturated heterocycles. The summed E-state index contributed by atoms with van der Waals surface area (Å²) in [6.07, 6.45) is 3.51. The number of nitrogens with zero attached hydrogens (tertiary/aromatic N) is 2. The maximum Gasteiger partial charge on any atom is 0.247 e. The molecule has 98 valence electrons. The molecular formula is C14H15N3O2. The van der Waals surface area contributed by atoms with E-state index in [1.54, 1.807) is 31.4 Å². The molecule has 1 aromatic heterocycles. The number of carbonyl (C=O) groups excluding carboxylic acids is 1. The van der Waals surface area contributed by atoms with Crippen LogP contribution in [0.15, 0.2) is 30.6 Å². The molecule has 3 rings (SSSR count). The maximum atomic E-state index is 12.4. The Kier molecular flexibility index (Phi) is 2.83. The van der Waals surface area contributed by atoms with Gasteiger partial charge in [-0.2, -0.15) is 0 Å².